The molecule has 0 saturated carbocycles. The summed E-state index contributed by atoms with van der Waals surface area (Å²) in [5, 5.41) is 17.1. The number of halogens is 3. The molecule has 150 valence electrons. The van der Waals surface area contributed by atoms with E-state index in [1.165, 1.54) is 42.1 Å². The van der Waals surface area contributed by atoms with Crippen molar-refractivity contribution in [1.29, 1.82) is 0 Å². The van der Waals surface area contributed by atoms with E-state index in [9.17, 15) is 23.1 Å². The Morgan fingerprint density at radius 3 is 2.75 bits per heavy atom. The number of imidazole rings is 1. The summed E-state index contributed by atoms with van der Waals surface area (Å²) in [6, 6.07) is 3.82. The van der Waals surface area contributed by atoms with E-state index >= 15 is 0 Å². The van der Waals surface area contributed by atoms with Crippen LogP contribution >= 0.6 is 22.7 Å². The van der Waals surface area contributed by atoms with E-state index in [1.54, 1.807) is 5.38 Å². The average molecular weight is 430 g/mol. The topological polar surface area (TPSA) is 80.0 Å². The van der Waals surface area contributed by atoms with Gasteiger partial charge in [0.05, 0.1) is 17.0 Å². The molecule has 11 heteroatoms. The zero-order chi connectivity index (χ0) is 20.4. The molecule has 1 unspecified atom stereocenters. The highest BCUT2D eigenvalue weighted by Gasteiger charge is 2.57. The fourth-order valence-corrected chi connectivity index (χ4v) is 4.29. The summed E-state index contributed by atoms with van der Waals surface area (Å²) in [5.41, 5.74) is -2.60. The van der Waals surface area contributed by atoms with Crippen LogP contribution in [0.25, 0.3) is 9.88 Å². The molecular weight excluding hydrogens is 413 g/mol. The van der Waals surface area contributed by atoms with Crippen molar-refractivity contribution in [1.82, 2.24) is 19.9 Å². The lowest BCUT2D eigenvalue weighted by molar-refractivity contribution is -0.272. The number of carbonyl (C=O) groups excluding carboxylic acids is 1. The summed E-state index contributed by atoms with van der Waals surface area (Å²) in [6.07, 6.45) is -3.23. The predicted octanol–water partition coefficient (Wildman–Crippen LogP) is 3.10. The Morgan fingerprint density at radius 1 is 1.36 bits per heavy atom. The summed E-state index contributed by atoms with van der Waals surface area (Å²) in [7, 11) is 1.37. The fraction of sp³-hybridized carbons (Fsp3) is 0.353. The minimum atomic E-state index is -4.93. The number of rotatable bonds is 7. The lowest BCUT2D eigenvalue weighted by Gasteiger charge is -2.29. The Balaban J connectivity index is 1.59. The number of thiophene rings is 1. The third-order valence-corrected chi connectivity index (χ3v) is 6.02. The first-order chi connectivity index (χ1) is 13.2. The van der Waals surface area contributed by atoms with Gasteiger partial charge in [-0.05, 0) is 11.4 Å². The smallest absolute Gasteiger partial charge is 0.374 e. The molecule has 2 N–H and O–H groups in total. The van der Waals surface area contributed by atoms with Crippen LogP contribution in [0.15, 0.2) is 35.3 Å². The van der Waals surface area contributed by atoms with E-state index in [0.29, 0.717) is 5.69 Å². The lowest BCUT2D eigenvalue weighted by atomic mass is 9.97. The number of nitrogens with one attached hydrogen (secondary N) is 1. The molecule has 0 aliphatic rings. The van der Waals surface area contributed by atoms with E-state index in [0.717, 1.165) is 14.5 Å². The third-order valence-electron chi connectivity index (χ3n) is 4.09. The Kier molecular flexibility index (Phi) is 5.87. The van der Waals surface area contributed by atoms with Crippen LogP contribution in [0.4, 0.5) is 13.2 Å². The number of amides is 1. The minimum Gasteiger partial charge on any atom is -0.374 e. The van der Waals surface area contributed by atoms with Crippen LogP contribution in [-0.4, -0.2) is 38.3 Å². The monoisotopic (exact) mass is 430 g/mol. The molecule has 0 fully saturated rings. The van der Waals surface area contributed by atoms with Crippen molar-refractivity contribution in [2.45, 2.75) is 24.6 Å². The maximum atomic E-state index is 13.4. The van der Waals surface area contributed by atoms with Gasteiger partial charge in [-0.25, -0.2) is 9.97 Å². The number of hydrogen-bond acceptors (Lipinski definition) is 6. The molecule has 1 atom stereocenters. The molecule has 0 bridgehead atoms. The van der Waals surface area contributed by atoms with Crippen LogP contribution in [0.3, 0.4) is 0 Å². The molecule has 0 spiro atoms. The zero-order valence-electron chi connectivity index (χ0n) is 14.7. The quantitative estimate of drug-likeness (QED) is 0.604. The molecule has 3 rings (SSSR count). The van der Waals surface area contributed by atoms with E-state index < -0.39 is 29.9 Å². The fourth-order valence-electron chi connectivity index (χ4n) is 2.66. The van der Waals surface area contributed by atoms with Gasteiger partial charge in [0.2, 0.25) is 11.5 Å². The molecular formula is C17H17F3N4O2S2. The van der Waals surface area contributed by atoms with Gasteiger partial charge in [0, 0.05) is 37.8 Å². The van der Waals surface area contributed by atoms with E-state index in [2.05, 4.69) is 15.3 Å². The van der Waals surface area contributed by atoms with Gasteiger partial charge in [-0.15, -0.1) is 22.7 Å². The second-order valence-corrected chi connectivity index (χ2v) is 7.92. The summed E-state index contributed by atoms with van der Waals surface area (Å²) < 4.78 is 41.4. The van der Waals surface area contributed by atoms with Crippen LogP contribution in [-0.2, 0) is 23.9 Å². The van der Waals surface area contributed by atoms with Gasteiger partial charge in [0.25, 0.3) is 0 Å². The minimum absolute atomic E-state index is 0.0469. The van der Waals surface area contributed by atoms with Crippen LogP contribution in [0.2, 0.25) is 0 Å². The van der Waals surface area contributed by atoms with Crippen molar-refractivity contribution in [3.05, 3.63) is 46.8 Å². The molecule has 0 saturated heterocycles. The van der Waals surface area contributed by atoms with E-state index in [-0.39, 0.29) is 13.0 Å². The van der Waals surface area contributed by atoms with Gasteiger partial charge in [0.15, 0.2) is 0 Å². The lowest BCUT2D eigenvalue weighted by Crippen LogP contribution is -2.46. The van der Waals surface area contributed by atoms with Crippen molar-refractivity contribution in [3.63, 3.8) is 0 Å². The first kappa shape index (κ1) is 20.5. The number of aliphatic hydroxyl groups is 1. The van der Waals surface area contributed by atoms with Crippen LogP contribution in [0.1, 0.15) is 17.9 Å². The molecule has 0 aliphatic carbocycles. The number of carbonyl (C=O) groups is 1. The number of nitrogens with zero attached hydrogens (tertiary/aromatic N) is 3. The molecule has 6 nitrogen and oxygen atoms in total. The van der Waals surface area contributed by atoms with Crippen molar-refractivity contribution in [3.8, 4) is 9.88 Å². The number of aryl methyl sites for hydroxylation is 1. The largest absolute Gasteiger partial charge is 0.424 e. The van der Waals surface area contributed by atoms with Crippen molar-refractivity contribution in [2.24, 2.45) is 7.05 Å². The molecule has 1 amide bonds. The molecule has 0 aromatic carbocycles. The Bertz CT molecular complexity index is 937. The summed E-state index contributed by atoms with van der Waals surface area (Å²) in [5.74, 6) is -0.985. The highest BCUT2D eigenvalue weighted by Crippen LogP contribution is 2.40. The van der Waals surface area contributed by atoms with Gasteiger partial charge < -0.3 is 15.0 Å². The standard InChI is InChI=1S/C17H17F3N4O2S2/c1-24-7-6-22-15(24)16(26,17(18,19)20)4-5-21-13(25)9-11-10-28-14(23-11)12-3-2-8-27-12/h2-3,6-8,10,26H,4-5,9H2,1H3,(H,21,25). The number of thiazole rings is 1. The first-order valence-corrected chi connectivity index (χ1v) is 9.98. The molecule has 3 aromatic heterocycles. The summed E-state index contributed by atoms with van der Waals surface area (Å²) >= 11 is 2.93. The van der Waals surface area contributed by atoms with Gasteiger partial charge in [0.1, 0.15) is 10.8 Å². The van der Waals surface area contributed by atoms with Gasteiger partial charge in [-0.3, -0.25) is 4.79 Å². The number of aromatic nitrogens is 3. The zero-order valence-corrected chi connectivity index (χ0v) is 16.4. The van der Waals surface area contributed by atoms with Crippen molar-refractivity contribution in [2.75, 3.05) is 6.54 Å². The maximum absolute atomic E-state index is 13.4. The second kappa shape index (κ2) is 8.02. The van der Waals surface area contributed by atoms with Crippen LogP contribution in [0, 0.1) is 0 Å². The van der Waals surface area contributed by atoms with Crippen molar-refractivity contribution >= 4 is 28.6 Å². The van der Waals surface area contributed by atoms with Gasteiger partial charge >= 0.3 is 6.18 Å². The van der Waals surface area contributed by atoms with Crippen LogP contribution in [0.5, 0.6) is 0 Å². The molecule has 3 heterocycles. The Morgan fingerprint density at radius 2 is 2.14 bits per heavy atom. The van der Waals surface area contributed by atoms with Gasteiger partial charge in [-0.1, -0.05) is 6.07 Å². The Labute approximate surface area is 166 Å². The molecule has 28 heavy (non-hydrogen) atoms. The van der Waals surface area contributed by atoms with E-state index in [4.69, 9.17) is 0 Å². The van der Waals surface area contributed by atoms with Crippen molar-refractivity contribution < 1.29 is 23.1 Å². The third kappa shape index (κ3) is 4.26. The van der Waals surface area contributed by atoms with Gasteiger partial charge in [-0.2, -0.15) is 13.2 Å². The Hall–Kier alpha value is -2.24. The molecule has 0 radical (unpaired) electrons. The predicted molar refractivity (Wildman–Crippen MR) is 99.9 cm³/mol. The average Bonchev–Trinajstić information content (AvgIpc) is 3.34. The SMILES string of the molecule is Cn1ccnc1C(O)(CCNC(=O)Cc1csc(-c2cccs2)n1)C(F)(F)F. The van der Waals surface area contributed by atoms with Crippen LogP contribution < -0.4 is 5.32 Å². The maximum Gasteiger partial charge on any atom is 0.424 e. The highest BCUT2D eigenvalue weighted by atomic mass is 32.1. The number of alkyl halides is 3. The summed E-state index contributed by atoms with van der Waals surface area (Å²) in [6.45, 7) is -0.358. The number of hydrogen-bond donors (Lipinski definition) is 2. The molecule has 0 aliphatic heterocycles. The second-order valence-electron chi connectivity index (χ2n) is 6.12. The first-order valence-electron chi connectivity index (χ1n) is 8.22. The normalized spacial score (nSPS) is 14.0. The molecule has 3 aromatic rings. The highest BCUT2D eigenvalue weighted by molar-refractivity contribution is 7.20. The summed E-state index contributed by atoms with van der Waals surface area (Å²) in [4.78, 5) is 21.0. The van der Waals surface area contributed by atoms with E-state index in [1.807, 2.05) is 17.5 Å².